The van der Waals surface area contributed by atoms with E-state index < -0.39 is 0 Å². The van der Waals surface area contributed by atoms with Crippen LogP contribution in [-0.2, 0) is 0 Å². The molecule has 0 unspecified atom stereocenters. The normalized spacial score (nSPS) is 14.4. The van der Waals surface area contributed by atoms with E-state index in [0.29, 0.717) is 5.58 Å². The fourth-order valence-corrected chi connectivity index (χ4v) is 3.70. The number of anilines is 1. The molecule has 5 nitrogen and oxygen atoms in total. The molecule has 1 amide bonds. The van der Waals surface area contributed by atoms with Crippen molar-refractivity contribution < 1.29 is 9.21 Å². The molecule has 1 aliphatic rings. The van der Waals surface area contributed by atoms with E-state index in [4.69, 9.17) is 4.42 Å². The minimum Gasteiger partial charge on any atom is -0.451 e. The van der Waals surface area contributed by atoms with E-state index in [0.717, 1.165) is 34.1 Å². The average molecular weight is 426 g/mol. The maximum atomic E-state index is 12.3. The molecule has 1 saturated heterocycles. The molecular formula is C21H20BrN3O2. The van der Waals surface area contributed by atoms with E-state index in [1.54, 1.807) is 12.3 Å². The molecule has 1 fully saturated rings. The highest BCUT2D eigenvalue weighted by molar-refractivity contribution is 9.10. The number of benzene rings is 2. The van der Waals surface area contributed by atoms with Crippen molar-refractivity contribution in [2.45, 2.75) is 19.8 Å². The monoisotopic (exact) mass is 425 g/mol. The summed E-state index contributed by atoms with van der Waals surface area (Å²) in [5, 5.41) is 4.95. The number of carbonyl (C=O) groups is 1. The summed E-state index contributed by atoms with van der Waals surface area (Å²) in [5.74, 6) is -0.133. The molecule has 0 spiro atoms. The summed E-state index contributed by atoms with van der Waals surface area (Å²) < 4.78 is 6.51. The van der Waals surface area contributed by atoms with Gasteiger partial charge in [0.05, 0.1) is 6.21 Å². The van der Waals surface area contributed by atoms with Gasteiger partial charge in [-0.1, -0.05) is 22.0 Å². The zero-order valence-electron chi connectivity index (χ0n) is 15.0. The van der Waals surface area contributed by atoms with Gasteiger partial charge in [0.2, 0.25) is 0 Å². The molecule has 0 bridgehead atoms. The van der Waals surface area contributed by atoms with Crippen LogP contribution in [0.3, 0.4) is 0 Å². The fraction of sp³-hybridized carbons (Fsp3) is 0.238. The molecule has 2 aromatic carbocycles. The third-order valence-corrected chi connectivity index (χ3v) is 5.29. The van der Waals surface area contributed by atoms with Crippen LogP contribution in [0.25, 0.3) is 11.0 Å². The fourth-order valence-electron chi connectivity index (χ4n) is 3.32. The number of hydrogen-bond donors (Lipinski definition) is 1. The maximum Gasteiger partial charge on any atom is 0.307 e. The van der Waals surface area contributed by atoms with Gasteiger partial charge in [-0.2, -0.15) is 5.10 Å². The number of nitrogens with zero attached hydrogens (tertiary/aromatic N) is 2. The summed E-state index contributed by atoms with van der Waals surface area (Å²) in [4.78, 5) is 14.7. The van der Waals surface area contributed by atoms with E-state index in [9.17, 15) is 4.79 Å². The molecule has 0 atom stereocenters. The van der Waals surface area contributed by atoms with Gasteiger partial charge in [-0.15, -0.1) is 0 Å². The number of hydrogen-bond acceptors (Lipinski definition) is 4. The number of amides is 1. The minimum atomic E-state index is -0.370. The highest BCUT2D eigenvalue weighted by atomic mass is 79.9. The largest absolute Gasteiger partial charge is 0.451 e. The molecule has 138 valence electrons. The van der Waals surface area contributed by atoms with Crippen LogP contribution >= 0.6 is 15.9 Å². The Balaban J connectivity index is 1.44. The van der Waals surface area contributed by atoms with Gasteiger partial charge in [0.25, 0.3) is 0 Å². The Morgan fingerprint density at radius 1 is 1.19 bits per heavy atom. The first-order valence-corrected chi connectivity index (χ1v) is 9.77. The molecule has 0 aliphatic carbocycles. The standard InChI is InChI=1S/C21H20BrN3O2/c1-14-10-18(25-8-2-3-9-25)6-4-15(14)13-23-24-21(26)20-12-16-11-17(22)5-7-19(16)27-20/h4-7,10-13H,2-3,8-9H2,1H3,(H,24,26)/b23-13-. The summed E-state index contributed by atoms with van der Waals surface area (Å²) in [5.41, 5.74) is 6.56. The lowest BCUT2D eigenvalue weighted by Gasteiger charge is -2.18. The predicted molar refractivity (Wildman–Crippen MR) is 112 cm³/mol. The molecule has 2 heterocycles. The minimum absolute atomic E-state index is 0.237. The van der Waals surface area contributed by atoms with Crippen molar-refractivity contribution >= 4 is 44.7 Å². The second-order valence-corrected chi connectivity index (χ2v) is 7.64. The first-order chi connectivity index (χ1) is 13.1. The lowest BCUT2D eigenvalue weighted by molar-refractivity contribution is 0.0929. The molecule has 1 aliphatic heterocycles. The van der Waals surface area contributed by atoms with Gasteiger partial charge < -0.3 is 9.32 Å². The molecular weight excluding hydrogens is 406 g/mol. The number of halogens is 1. The van der Waals surface area contributed by atoms with Gasteiger partial charge in [-0.05, 0) is 67.3 Å². The van der Waals surface area contributed by atoms with Crippen LogP contribution in [0.2, 0.25) is 0 Å². The number of carbonyl (C=O) groups excluding carboxylic acids is 1. The summed E-state index contributed by atoms with van der Waals surface area (Å²) >= 11 is 3.41. The van der Waals surface area contributed by atoms with E-state index in [1.165, 1.54) is 18.5 Å². The van der Waals surface area contributed by atoms with Crippen LogP contribution < -0.4 is 10.3 Å². The number of nitrogens with one attached hydrogen (secondary N) is 1. The quantitative estimate of drug-likeness (QED) is 0.479. The Hall–Kier alpha value is -2.60. The van der Waals surface area contributed by atoms with Gasteiger partial charge in [0.1, 0.15) is 5.58 Å². The van der Waals surface area contributed by atoms with Gasteiger partial charge in [0, 0.05) is 28.6 Å². The molecule has 1 N–H and O–H groups in total. The number of hydrazone groups is 1. The number of rotatable bonds is 4. The van der Waals surface area contributed by atoms with Gasteiger partial charge >= 0.3 is 5.91 Å². The predicted octanol–water partition coefficient (Wildman–Crippen LogP) is 4.87. The van der Waals surface area contributed by atoms with Crippen LogP contribution in [0.5, 0.6) is 0 Å². The SMILES string of the molecule is Cc1cc(N2CCCC2)ccc1/C=N\NC(=O)c1cc2cc(Br)ccc2o1. The molecule has 6 heteroatoms. The van der Waals surface area contributed by atoms with E-state index in [2.05, 4.69) is 50.4 Å². The van der Waals surface area contributed by atoms with Crippen molar-refractivity contribution in [3.05, 3.63) is 63.8 Å². The average Bonchev–Trinajstić information content (AvgIpc) is 3.32. The second-order valence-electron chi connectivity index (χ2n) is 6.73. The second kappa shape index (κ2) is 7.56. The number of fused-ring (bicyclic) bond motifs is 1. The summed E-state index contributed by atoms with van der Waals surface area (Å²) in [6.45, 7) is 4.30. The van der Waals surface area contributed by atoms with E-state index in [1.807, 2.05) is 24.3 Å². The number of aryl methyl sites for hydroxylation is 1. The first-order valence-electron chi connectivity index (χ1n) is 8.98. The molecule has 1 aromatic heterocycles. The van der Waals surface area contributed by atoms with Gasteiger partial charge in [-0.3, -0.25) is 4.79 Å². The number of furan rings is 1. The Morgan fingerprint density at radius 3 is 2.78 bits per heavy atom. The highest BCUT2D eigenvalue weighted by Gasteiger charge is 2.13. The van der Waals surface area contributed by atoms with Crippen LogP contribution in [0.15, 0.2) is 56.5 Å². The third-order valence-electron chi connectivity index (χ3n) is 4.80. The van der Waals surface area contributed by atoms with Gasteiger partial charge in [0.15, 0.2) is 5.76 Å². The molecule has 3 aromatic rings. The molecule has 0 saturated carbocycles. The Labute approximate surface area is 166 Å². The van der Waals surface area contributed by atoms with Crippen molar-refractivity contribution in [1.29, 1.82) is 0 Å². The Kier molecular flexibility index (Phi) is 4.99. The maximum absolute atomic E-state index is 12.3. The van der Waals surface area contributed by atoms with Crippen LogP contribution in [0, 0.1) is 6.92 Å². The Morgan fingerprint density at radius 2 is 2.00 bits per heavy atom. The third kappa shape index (κ3) is 3.90. The van der Waals surface area contributed by atoms with Crippen molar-refractivity contribution in [2.24, 2.45) is 5.10 Å². The summed E-state index contributed by atoms with van der Waals surface area (Å²) in [7, 11) is 0. The molecule has 4 rings (SSSR count). The smallest absolute Gasteiger partial charge is 0.307 e. The highest BCUT2D eigenvalue weighted by Crippen LogP contribution is 2.24. The van der Waals surface area contributed by atoms with Crippen molar-refractivity contribution in [3.63, 3.8) is 0 Å². The van der Waals surface area contributed by atoms with Crippen LogP contribution in [-0.4, -0.2) is 25.2 Å². The zero-order chi connectivity index (χ0) is 18.8. The van der Waals surface area contributed by atoms with E-state index >= 15 is 0 Å². The summed E-state index contributed by atoms with van der Waals surface area (Å²) in [6, 6.07) is 13.6. The first kappa shape index (κ1) is 17.8. The van der Waals surface area contributed by atoms with Crippen molar-refractivity contribution in [1.82, 2.24) is 5.43 Å². The molecule has 27 heavy (non-hydrogen) atoms. The van der Waals surface area contributed by atoms with Crippen LogP contribution in [0.4, 0.5) is 5.69 Å². The van der Waals surface area contributed by atoms with Crippen molar-refractivity contribution in [3.8, 4) is 0 Å². The van der Waals surface area contributed by atoms with Gasteiger partial charge in [-0.25, -0.2) is 5.43 Å². The lowest BCUT2D eigenvalue weighted by atomic mass is 10.1. The lowest BCUT2D eigenvalue weighted by Crippen LogP contribution is -2.18. The Bertz CT molecular complexity index is 1020. The van der Waals surface area contributed by atoms with E-state index in [-0.39, 0.29) is 11.7 Å². The molecule has 0 radical (unpaired) electrons. The summed E-state index contributed by atoms with van der Waals surface area (Å²) in [6.07, 6.45) is 4.18. The zero-order valence-corrected chi connectivity index (χ0v) is 16.6. The van der Waals surface area contributed by atoms with Crippen LogP contribution in [0.1, 0.15) is 34.5 Å². The van der Waals surface area contributed by atoms with Crippen molar-refractivity contribution in [2.75, 3.05) is 18.0 Å². The topological polar surface area (TPSA) is 57.8 Å².